The number of hydrogen-bond acceptors (Lipinski definition) is 3. The van der Waals surface area contributed by atoms with Gasteiger partial charge in [-0.3, -0.25) is 0 Å². The molecule has 0 saturated carbocycles. The van der Waals surface area contributed by atoms with Gasteiger partial charge < -0.3 is 15.2 Å². The Bertz CT molecular complexity index is 392. The van der Waals surface area contributed by atoms with Crippen molar-refractivity contribution in [3.8, 4) is 0 Å². The van der Waals surface area contributed by atoms with Gasteiger partial charge in [-0.05, 0) is 37.1 Å². The number of unbranched alkanes of at least 4 members (excludes halogenated alkanes) is 1. The van der Waals surface area contributed by atoms with Gasteiger partial charge in [0.2, 0.25) is 0 Å². The predicted molar refractivity (Wildman–Crippen MR) is 73.9 cm³/mol. The molecule has 0 aliphatic heterocycles. The molecule has 1 rings (SSSR count). The van der Waals surface area contributed by atoms with E-state index >= 15 is 0 Å². The van der Waals surface area contributed by atoms with E-state index in [0.29, 0.717) is 0 Å². The zero-order chi connectivity index (χ0) is 14.3. The summed E-state index contributed by atoms with van der Waals surface area (Å²) in [5.41, 5.74) is 6.39. The third kappa shape index (κ3) is 4.91. The minimum atomic E-state index is -0.285. The molecule has 0 unspecified atom stereocenters. The first-order valence-corrected chi connectivity index (χ1v) is 6.47. The van der Waals surface area contributed by atoms with Gasteiger partial charge in [-0.2, -0.15) is 0 Å². The van der Waals surface area contributed by atoms with Crippen LogP contribution in [0, 0.1) is 5.82 Å². The Morgan fingerprint density at radius 3 is 2.47 bits per heavy atom. The number of nitrogens with two attached hydrogens (primary N) is 1. The lowest BCUT2D eigenvalue weighted by molar-refractivity contribution is -0.0363. The molecule has 0 radical (unpaired) electrons. The van der Waals surface area contributed by atoms with E-state index in [1.165, 1.54) is 12.1 Å². The molecule has 4 heteroatoms. The third-order valence-corrected chi connectivity index (χ3v) is 2.94. The fraction of sp³-hybridized carbons (Fsp3) is 0.467. The molecule has 0 aliphatic carbocycles. The highest BCUT2D eigenvalue weighted by Crippen LogP contribution is 2.27. The fourth-order valence-corrected chi connectivity index (χ4v) is 2.03. The normalized spacial score (nSPS) is 13.8. The molecule has 0 fully saturated rings. The van der Waals surface area contributed by atoms with E-state index in [4.69, 9.17) is 15.2 Å². The van der Waals surface area contributed by atoms with Gasteiger partial charge in [0.05, 0.1) is 0 Å². The summed E-state index contributed by atoms with van der Waals surface area (Å²) in [6, 6.07) is 6.22. The third-order valence-electron chi connectivity index (χ3n) is 2.94. The van der Waals surface area contributed by atoms with Gasteiger partial charge in [-0.1, -0.05) is 25.5 Å². The maximum atomic E-state index is 13.0. The molecule has 2 atom stereocenters. The number of hydrogen-bond donors (Lipinski definition) is 1. The van der Waals surface area contributed by atoms with Crippen molar-refractivity contribution in [2.75, 3.05) is 7.11 Å². The standard InChI is InChI=1S/C15H22FNO2/c1-4-5-6-14(19-11(2)17)15(18-3)12-7-9-13(16)10-8-12/h7-10,14-15H,2,4-6,17H2,1,3H3/t14-,15-/m1/s1. The number of halogens is 1. The van der Waals surface area contributed by atoms with Crippen molar-refractivity contribution in [2.24, 2.45) is 5.73 Å². The highest BCUT2D eigenvalue weighted by atomic mass is 19.1. The van der Waals surface area contributed by atoms with Crippen LogP contribution in [-0.4, -0.2) is 13.2 Å². The van der Waals surface area contributed by atoms with Gasteiger partial charge in [-0.25, -0.2) is 4.39 Å². The summed E-state index contributed by atoms with van der Waals surface area (Å²) in [4.78, 5) is 0. The van der Waals surface area contributed by atoms with E-state index in [1.54, 1.807) is 19.2 Å². The minimum absolute atomic E-state index is 0.172. The highest BCUT2D eigenvalue weighted by Gasteiger charge is 2.24. The van der Waals surface area contributed by atoms with Gasteiger partial charge in [-0.15, -0.1) is 0 Å². The van der Waals surface area contributed by atoms with E-state index in [9.17, 15) is 4.39 Å². The summed E-state index contributed by atoms with van der Waals surface area (Å²) in [5.74, 6) is -0.0990. The Labute approximate surface area is 114 Å². The van der Waals surface area contributed by atoms with Gasteiger partial charge in [0.1, 0.15) is 18.0 Å². The Balaban J connectivity index is 2.87. The Hall–Kier alpha value is -1.55. The molecule has 2 N–H and O–H groups in total. The molecule has 0 bridgehead atoms. The van der Waals surface area contributed by atoms with Crippen LogP contribution in [0.2, 0.25) is 0 Å². The van der Waals surface area contributed by atoms with Gasteiger partial charge in [0.15, 0.2) is 5.88 Å². The molecule has 106 valence electrons. The Kier molecular flexibility index (Phi) is 6.36. The van der Waals surface area contributed by atoms with E-state index in [2.05, 4.69) is 13.5 Å². The van der Waals surface area contributed by atoms with Crippen molar-refractivity contribution >= 4 is 0 Å². The number of methoxy groups -OCH3 is 1. The topological polar surface area (TPSA) is 44.5 Å². The van der Waals surface area contributed by atoms with Gasteiger partial charge in [0.25, 0.3) is 0 Å². The lowest BCUT2D eigenvalue weighted by Gasteiger charge is -2.27. The zero-order valence-corrected chi connectivity index (χ0v) is 11.6. The maximum absolute atomic E-state index is 13.0. The summed E-state index contributed by atoms with van der Waals surface area (Å²) in [5, 5.41) is 0. The largest absolute Gasteiger partial charge is 0.474 e. The van der Waals surface area contributed by atoms with E-state index in [0.717, 1.165) is 24.8 Å². The summed E-state index contributed by atoms with van der Waals surface area (Å²) in [6.07, 6.45) is 2.36. The van der Waals surface area contributed by atoms with E-state index < -0.39 is 0 Å². The van der Waals surface area contributed by atoms with E-state index in [-0.39, 0.29) is 23.9 Å². The average molecular weight is 267 g/mol. The van der Waals surface area contributed by atoms with Gasteiger partial charge >= 0.3 is 0 Å². The van der Waals surface area contributed by atoms with Crippen molar-refractivity contribution in [1.82, 2.24) is 0 Å². The fourth-order valence-electron chi connectivity index (χ4n) is 2.03. The average Bonchev–Trinajstić information content (AvgIpc) is 2.38. The maximum Gasteiger partial charge on any atom is 0.177 e. The van der Waals surface area contributed by atoms with E-state index in [1.807, 2.05) is 0 Å². The van der Waals surface area contributed by atoms with Crippen LogP contribution in [0.25, 0.3) is 0 Å². The summed E-state index contributed by atoms with van der Waals surface area (Å²) in [6.45, 7) is 5.67. The smallest absolute Gasteiger partial charge is 0.177 e. The zero-order valence-electron chi connectivity index (χ0n) is 11.6. The Morgan fingerprint density at radius 2 is 2.00 bits per heavy atom. The molecule has 0 saturated heterocycles. The van der Waals surface area contributed by atoms with Crippen molar-refractivity contribution in [2.45, 2.75) is 38.4 Å². The molecule has 0 amide bonds. The second-order valence-electron chi connectivity index (χ2n) is 4.47. The second kappa shape index (κ2) is 7.79. The SMILES string of the molecule is C=C(N)O[C@H](CCCC)[C@H](OC)c1ccc(F)cc1. The van der Waals surface area contributed by atoms with Crippen LogP contribution < -0.4 is 5.73 Å². The lowest BCUT2D eigenvalue weighted by Crippen LogP contribution is -2.25. The monoisotopic (exact) mass is 267 g/mol. The first kappa shape index (κ1) is 15.5. The van der Waals surface area contributed by atoms with Crippen LogP contribution in [0.1, 0.15) is 37.9 Å². The van der Waals surface area contributed by atoms with Crippen LogP contribution >= 0.6 is 0 Å². The number of ether oxygens (including phenoxy) is 2. The molecule has 1 aromatic rings. The number of benzene rings is 1. The molecule has 19 heavy (non-hydrogen) atoms. The first-order chi connectivity index (χ1) is 9.08. The summed E-state index contributed by atoms with van der Waals surface area (Å²) >= 11 is 0. The highest BCUT2D eigenvalue weighted by molar-refractivity contribution is 5.20. The predicted octanol–water partition coefficient (Wildman–Crippen LogP) is 3.52. The number of rotatable bonds is 8. The summed E-state index contributed by atoms with van der Waals surface area (Å²) < 4.78 is 24.0. The molecule has 1 aromatic carbocycles. The Morgan fingerprint density at radius 1 is 1.37 bits per heavy atom. The molecule has 0 heterocycles. The molecular formula is C15H22FNO2. The molecule has 0 spiro atoms. The first-order valence-electron chi connectivity index (χ1n) is 6.47. The molecule has 3 nitrogen and oxygen atoms in total. The van der Waals surface area contributed by atoms with Crippen LogP contribution in [-0.2, 0) is 9.47 Å². The quantitative estimate of drug-likeness (QED) is 0.733. The van der Waals surface area contributed by atoms with Crippen LogP contribution in [0.4, 0.5) is 4.39 Å². The minimum Gasteiger partial charge on any atom is -0.474 e. The lowest BCUT2D eigenvalue weighted by atomic mass is 10.00. The van der Waals surface area contributed by atoms with Crippen molar-refractivity contribution in [1.29, 1.82) is 0 Å². The van der Waals surface area contributed by atoms with Crippen molar-refractivity contribution < 1.29 is 13.9 Å². The molecular weight excluding hydrogens is 245 g/mol. The van der Waals surface area contributed by atoms with Gasteiger partial charge in [0, 0.05) is 7.11 Å². The van der Waals surface area contributed by atoms with Crippen molar-refractivity contribution in [3.63, 3.8) is 0 Å². The van der Waals surface area contributed by atoms with Crippen LogP contribution in [0.15, 0.2) is 36.7 Å². The van der Waals surface area contributed by atoms with Crippen LogP contribution in [0.5, 0.6) is 0 Å². The second-order valence-corrected chi connectivity index (χ2v) is 4.47. The molecule has 0 aliphatic rings. The van der Waals surface area contributed by atoms with Crippen molar-refractivity contribution in [3.05, 3.63) is 48.1 Å². The molecule has 0 aromatic heterocycles. The van der Waals surface area contributed by atoms with Crippen LogP contribution in [0.3, 0.4) is 0 Å². The summed E-state index contributed by atoms with van der Waals surface area (Å²) in [7, 11) is 1.61.